The monoisotopic (exact) mass is 442 g/mol. The van der Waals surface area contributed by atoms with Gasteiger partial charge in [-0.15, -0.1) is 0 Å². The van der Waals surface area contributed by atoms with Crippen molar-refractivity contribution < 1.29 is 17.9 Å². The Morgan fingerprint density at radius 3 is 2.39 bits per heavy atom. The largest absolute Gasteiger partial charge is 0.497 e. The predicted molar refractivity (Wildman–Crippen MR) is 119 cm³/mol. The van der Waals surface area contributed by atoms with Crippen LogP contribution in [-0.2, 0) is 14.8 Å². The number of aromatic nitrogens is 2. The van der Waals surface area contributed by atoms with Crippen molar-refractivity contribution in [3.63, 3.8) is 0 Å². The predicted octanol–water partition coefficient (Wildman–Crippen LogP) is 2.49. The van der Waals surface area contributed by atoms with E-state index >= 15 is 0 Å². The van der Waals surface area contributed by atoms with E-state index in [2.05, 4.69) is 15.1 Å². The lowest BCUT2D eigenvalue weighted by atomic mass is 10.1. The average molecular weight is 442 g/mol. The topological polar surface area (TPSA) is 119 Å². The Morgan fingerprint density at radius 1 is 1.06 bits per heavy atom. The van der Waals surface area contributed by atoms with Crippen LogP contribution >= 0.6 is 0 Å². The minimum Gasteiger partial charge on any atom is -0.497 e. The van der Waals surface area contributed by atoms with E-state index in [1.54, 1.807) is 62.6 Å². The van der Waals surface area contributed by atoms with Gasteiger partial charge in [0.15, 0.2) is 0 Å². The minimum atomic E-state index is -3.45. The van der Waals surface area contributed by atoms with Gasteiger partial charge in [-0.25, -0.2) is 13.1 Å². The number of anilines is 2. The van der Waals surface area contributed by atoms with Crippen molar-refractivity contribution in [2.75, 3.05) is 23.4 Å². The van der Waals surface area contributed by atoms with Crippen LogP contribution in [0.3, 0.4) is 0 Å². The molecule has 3 rings (SSSR count). The Balaban J connectivity index is 1.82. The Hall–Kier alpha value is -3.66. The van der Waals surface area contributed by atoms with Crippen LogP contribution in [0.25, 0.3) is 11.3 Å². The molecule has 10 heteroatoms. The summed E-state index contributed by atoms with van der Waals surface area (Å²) in [6, 6.07) is 15.5. The molecule has 1 heterocycles. The molecule has 0 fully saturated rings. The van der Waals surface area contributed by atoms with Gasteiger partial charge in [0.05, 0.1) is 24.7 Å². The molecule has 0 bridgehead atoms. The summed E-state index contributed by atoms with van der Waals surface area (Å²) in [5.41, 5.74) is 1.56. The van der Waals surface area contributed by atoms with Gasteiger partial charge in [-0.3, -0.25) is 14.3 Å². The van der Waals surface area contributed by atoms with Crippen molar-refractivity contribution in [3.8, 4) is 17.0 Å². The molecule has 0 saturated carbocycles. The number of benzene rings is 2. The standard InChI is InChI=1S/C21H22N4O5S/c1-14(21(27)22-16-5-4-6-17(13-16)24-31(3,28)29)25-20(26)12-11-19(23-25)15-7-9-18(30-2)10-8-15/h4-14,24H,1-3H3,(H,22,27). The summed E-state index contributed by atoms with van der Waals surface area (Å²) >= 11 is 0. The molecule has 2 N–H and O–H groups in total. The molecule has 3 aromatic rings. The number of hydrogen-bond donors (Lipinski definition) is 2. The number of methoxy groups -OCH3 is 1. The molecular weight excluding hydrogens is 420 g/mol. The molecule has 2 aromatic carbocycles. The zero-order valence-electron chi connectivity index (χ0n) is 17.2. The van der Waals surface area contributed by atoms with Crippen LogP contribution in [0.2, 0.25) is 0 Å². The molecule has 0 aliphatic heterocycles. The Labute approximate surface area is 179 Å². The number of ether oxygens (including phenoxy) is 1. The third kappa shape index (κ3) is 5.70. The Morgan fingerprint density at radius 2 is 1.74 bits per heavy atom. The number of carbonyl (C=O) groups is 1. The van der Waals surface area contributed by atoms with Crippen LogP contribution in [0.15, 0.2) is 65.5 Å². The first-order valence-electron chi connectivity index (χ1n) is 9.29. The van der Waals surface area contributed by atoms with Gasteiger partial charge in [-0.1, -0.05) is 6.07 Å². The van der Waals surface area contributed by atoms with Crippen molar-refractivity contribution in [1.29, 1.82) is 0 Å². The molecule has 1 unspecified atom stereocenters. The SMILES string of the molecule is COc1ccc(-c2ccc(=O)n(C(C)C(=O)Nc3cccc(NS(C)(=O)=O)c3)n2)cc1. The van der Waals surface area contributed by atoms with Gasteiger partial charge in [-0.05, 0) is 55.5 Å². The number of rotatable bonds is 7. The molecule has 9 nitrogen and oxygen atoms in total. The Kier molecular flexibility index (Phi) is 6.40. The Bertz CT molecular complexity index is 1250. The van der Waals surface area contributed by atoms with Crippen LogP contribution in [0.5, 0.6) is 5.75 Å². The number of nitrogens with zero attached hydrogens (tertiary/aromatic N) is 2. The zero-order valence-corrected chi connectivity index (χ0v) is 18.0. The number of sulfonamides is 1. The number of hydrogen-bond acceptors (Lipinski definition) is 6. The van der Waals surface area contributed by atoms with Crippen molar-refractivity contribution in [2.45, 2.75) is 13.0 Å². The van der Waals surface area contributed by atoms with Gasteiger partial charge >= 0.3 is 0 Å². The van der Waals surface area contributed by atoms with Gasteiger partial charge in [0.2, 0.25) is 15.9 Å². The zero-order chi connectivity index (χ0) is 22.6. The van der Waals surface area contributed by atoms with Gasteiger partial charge in [0.25, 0.3) is 5.56 Å². The third-order valence-corrected chi connectivity index (χ3v) is 5.00. The molecule has 162 valence electrons. The van der Waals surface area contributed by atoms with Crippen molar-refractivity contribution in [1.82, 2.24) is 9.78 Å². The van der Waals surface area contributed by atoms with E-state index in [0.29, 0.717) is 22.8 Å². The summed E-state index contributed by atoms with van der Waals surface area (Å²) in [4.78, 5) is 25.1. The van der Waals surface area contributed by atoms with Gasteiger partial charge < -0.3 is 10.1 Å². The van der Waals surface area contributed by atoms with E-state index in [9.17, 15) is 18.0 Å². The fraction of sp³-hybridized carbons (Fsp3) is 0.190. The molecule has 1 amide bonds. The van der Waals surface area contributed by atoms with E-state index in [0.717, 1.165) is 16.5 Å². The highest BCUT2D eigenvalue weighted by molar-refractivity contribution is 7.92. The van der Waals surface area contributed by atoms with Crippen molar-refractivity contribution in [2.24, 2.45) is 0 Å². The maximum absolute atomic E-state index is 12.7. The molecule has 1 atom stereocenters. The quantitative estimate of drug-likeness (QED) is 0.580. The maximum atomic E-state index is 12.7. The highest BCUT2D eigenvalue weighted by atomic mass is 32.2. The first-order chi connectivity index (χ1) is 14.7. The smallest absolute Gasteiger partial charge is 0.267 e. The fourth-order valence-electron chi connectivity index (χ4n) is 2.85. The van der Waals surface area contributed by atoms with Gasteiger partial charge in [-0.2, -0.15) is 5.10 Å². The lowest BCUT2D eigenvalue weighted by Crippen LogP contribution is -2.33. The maximum Gasteiger partial charge on any atom is 0.267 e. The highest BCUT2D eigenvalue weighted by Crippen LogP contribution is 2.21. The molecule has 0 spiro atoms. The van der Waals surface area contributed by atoms with Crippen molar-refractivity contribution >= 4 is 27.3 Å². The number of amides is 1. The second-order valence-corrected chi connectivity index (χ2v) is 8.60. The number of carbonyl (C=O) groups excluding carboxylic acids is 1. The summed E-state index contributed by atoms with van der Waals surface area (Å²) in [6.45, 7) is 1.56. The molecule has 0 saturated heterocycles. The van der Waals surface area contributed by atoms with Crippen LogP contribution in [-0.4, -0.2) is 37.5 Å². The van der Waals surface area contributed by atoms with Gasteiger partial charge in [0.1, 0.15) is 11.8 Å². The average Bonchev–Trinajstić information content (AvgIpc) is 2.72. The highest BCUT2D eigenvalue weighted by Gasteiger charge is 2.18. The van der Waals surface area contributed by atoms with Crippen LogP contribution in [0.1, 0.15) is 13.0 Å². The molecule has 0 radical (unpaired) electrons. The lowest BCUT2D eigenvalue weighted by molar-refractivity contribution is -0.119. The molecular formula is C21H22N4O5S. The summed E-state index contributed by atoms with van der Waals surface area (Å²) < 4.78 is 31.4. The van der Waals surface area contributed by atoms with E-state index in [1.807, 2.05) is 0 Å². The first kappa shape index (κ1) is 22.0. The van der Waals surface area contributed by atoms with Crippen LogP contribution in [0, 0.1) is 0 Å². The normalized spacial score (nSPS) is 12.1. The van der Waals surface area contributed by atoms with E-state index in [4.69, 9.17) is 4.74 Å². The van der Waals surface area contributed by atoms with Crippen LogP contribution in [0.4, 0.5) is 11.4 Å². The molecule has 1 aromatic heterocycles. The fourth-order valence-corrected chi connectivity index (χ4v) is 3.41. The van der Waals surface area contributed by atoms with E-state index in [-0.39, 0.29) is 0 Å². The summed E-state index contributed by atoms with van der Waals surface area (Å²) in [5.74, 6) is 0.218. The molecule has 0 aliphatic rings. The van der Waals surface area contributed by atoms with E-state index in [1.165, 1.54) is 12.1 Å². The number of nitrogens with one attached hydrogen (secondary N) is 2. The minimum absolute atomic E-state index is 0.310. The first-order valence-corrected chi connectivity index (χ1v) is 11.2. The summed E-state index contributed by atoms with van der Waals surface area (Å²) in [5, 5.41) is 7.02. The van der Waals surface area contributed by atoms with Crippen LogP contribution < -0.4 is 20.3 Å². The second kappa shape index (κ2) is 9.00. The van der Waals surface area contributed by atoms with E-state index < -0.39 is 27.5 Å². The molecule has 31 heavy (non-hydrogen) atoms. The van der Waals surface area contributed by atoms with Gasteiger partial charge in [0, 0.05) is 17.3 Å². The summed E-state index contributed by atoms with van der Waals surface area (Å²) in [7, 11) is -1.88. The molecule has 0 aliphatic carbocycles. The van der Waals surface area contributed by atoms with Crippen molar-refractivity contribution in [3.05, 3.63) is 71.0 Å². The summed E-state index contributed by atoms with van der Waals surface area (Å²) in [6.07, 6.45) is 1.04. The lowest BCUT2D eigenvalue weighted by Gasteiger charge is -2.15. The second-order valence-electron chi connectivity index (χ2n) is 6.85. The third-order valence-electron chi connectivity index (χ3n) is 4.39.